The average molecular weight is 338 g/mol. The van der Waals surface area contributed by atoms with Gasteiger partial charge in [0.25, 0.3) is 10.1 Å². The van der Waals surface area contributed by atoms with Gasteiger partial charge < -0.3 is 15.0 Å². The minimum Gasteiger partial charge on any atom is -0.478 e. The smallest absolute Gasteiger partial charge is 0.335 e. The van der Waals surface area contributed by atoms with E-state index in [-0.39, 0.29) is 16.6 Å². The van der Waals surface area contributed by atoms with E-state index in [1.54, 1.807) is 6.07 Å². The van der Waals surface area contributed by atoms with Gasteiger partial charge in [-0.3, -0.25) is 4.18 Å². The van der Waals surface area contributed by atoms with E-state index in [4.69, 9.17) is 9.29 Å². The molecule has 7 nitrogen and oxygen atoms in total. The summed E-state index contributed by atoms with van der Waals surface area (Å²) in [5.41, 5.74) is 0.591. The van der Waals surface area contributed by atoms with Gasteiger partial charge in [0.15, 0.2) is 0 Å². The van der Waals surface area contributed by atoms with Gasteiger partial charge in [0.05, 0.1) is 11.7 Å². The first-order chi connectivity index (χ1) is 10.9. The Kier molecular flexibility index (Phi) is 4.13. The topological polar surface area (TPSA) is 99.7 Å². The first kappa shape index (κ1) is 16.0. The van der Waals surface area contributed by atoms with E-state index in [0.717, 1.165) is 13.1 Å². The molecule has 2 heterocycles. The summed E-state index contributed by atoms with van der Waals surface area (Å²) in [5, 5.41) is 9.40. The first-order valence-electron chi connectivity index (χ1n) is 7.33. The highest BCUT2D eigenvalue weighted by Gasteiger charge is 2.27. The van der Waals surface area contributed by atoms with Crippen LogP contribution in [-0.2, 0) is 14.3 Å². The molecule has 1 fully saturated rings. The molecular weight excluding hydrogens is 320 g/mol. The minimum atomic E-state index is -3.95. The molecule has 124 valence electrons. The highest BCUT2D eigenvalue weighted by molar-refractivity contribution is 7.87. The summed E-state index contributed by atoms with van der Waals surface area (Å²) >= 11 is 0. The molecule has 1 aliphatic rings. The van der Waals surface area contributed by atoms with E-state index >= 15 is 0 Å². The summed E-state index contributed by atoms with van der Waals surface area (Å²) in [5.74, 6) is -1.10. The van der Waals surface area contributed by atoms with Crippen LogP contribution in [-0.4, -0.2) is 55.6 Å². The van der Waals surface area contributed by atoms with E-state index in [1.165, 1.54) is 18.3 Å². The normalized spacial score (nSPS) is 17.6. The van der Waals surface area contributed by atoms with E-state index < -0.39 is 16.1 Å². The van der Waals surface area contributed by atoms with Crippen LogP contribution in [0.1, 0.15) is 23.2 Å². The molecule has 8 heteroatoms. The second-order valence-electron chi connectivity index (χ2n) is 5.77. The van der Waals surface area contributed by atoms with Gasteiger partial charge in [-0.25, -0.2) is 4.79 Å². The van der Waals surface area contributed by atoms with Gasteiger partial charge in [0, 0.05) is 30.2 Å². The molecule has 23 heavy (non-hydrogen) atoms. The van der Waals surface area contributed by atoms with Crippen LogP contribution in [0.2, 0.25) is 0 Å². The van der Waals surface area contributed by atoms with Crippen LogP contribution in [0, 0.1) is 0 Å². The summed E-state index contributed by atoms with van der Waals surface area (Å²) in [7, 11) is -1.96. The van der Waals surface area contributed by atoms with Crippen LogP contribution < -0.4 is 0 Å². The molecule has 0 spiro atoms. The number of hydrogen-bond donors (Lipinski definition) is 2. The lowest BCUT2D eigenvalue weighted by atomic mass is 10.1. The van der Waals surface area contributed by atoms with Crippen LogP contribution in [0.4, 0.5) is 0 Å². The van der Waals surface area contributed by atoms with Gasteiger partial charge in [-0.2, -0.15) is 8.42 Å². The third-order valence-electron chi connectivity index (χ3n) is 4.09. The van der Waals surface area contributed by atoms with Gasteiger partial charge in [-0.15, -0.1) is 0 Å². The zero-order valence-electron chi connectivity index (χ0n) is 12.7. The number of rotatable bonds is 4. The monoisotopic (exact) mass is 338 g/mol. The van der Waals surface area contributed by atoms with Crippen LogP contribution in [0.15, 0.2) is 29.3 Å². The van der Waals surface area contributed by atoms with E-state index in [1.807, 2.05) is 7.05 Å². The van der Waals surface area contributed by atoms with Crippen molar-refractivity contribution in [1.82, 2.24) is 9.88 Å². The number of H-pyrrole nitrogens is 1. The Balaban J connectivity index is 1.91. The van der Waals surface area contributed by atoms with Crippen molar-refractivity contribution in [1.29, 1.82) is 0 Å². The summed E-state index contributed by atoms with van der Waals surface area (Å²) in [6.45, 7) is 1.58. The lowest BCUT2D eigenvalue weighted by Gasteiger charge is -2.28. The molecule has 1 aromatic carbocycles. The molecule has 2 N–H and O–H groups in total. The highest BCUT2D eigenvalue weighted by Crippen LogP contribution is 2.27. The van der Waals surface area contributed by atoms with Crippen LogP contribution in [0.5, 0.6) is 0 Å². The SMILES string of the molecule is CN1CCC(OS(=O)(=O)c2c[nH]c3ccc(C(=O)O)cc23)CC1. The van der Waals surface area contributed by atoms with Crippen molar-refractivity contribution in [3.63, 3.8) is 0 Å². The number of nitrogens with zero attached hydrogens (tertiary/aromatic N) is 1. The number of hydrogen-bond acceptors (Lipinski definition) is 5. The predicted molar refractivity (Wildman–Crippen MR) is 84.0 cm³/mol. The fourth-order valence-electron chi connectivity index (χ4n) is 2.75. The number of carboxylic acid groups (broad SMARTS) is 1. The third kappa shape index (κ3) is 3.24. The Morgan fingerprint density at radius 2 is 2.04 bits per heavy atom. The molecule has 0 atom stereocenters. The van der Waals surface area contributed by atoms with Gasteiger partial charge >= 0.3 is 5.97 Å². The van der Waals surface area contributed by atoms with Crippen molar-refractivity contribution >= 4 is 27.0 Å². The molecule has 0 bridgehead atoms. The molecule has 1 aliphatic heterocycles. The Morgan fingerprint density at radius 1 is 1.35 bits per heavy atom. The van der Waals surface area contributed by atoms with E-state index in [2.05, 4.69) is 9.88 Å². The molecule has 2 aromatic rings. The quantitative estimate of drug-likeness (QED) is 0.823. The number of carboxylic acids is 1. The first-order valence-corrected chi connectivity index (χ1v) is 8.74. The van der Waals surface area contributed by atoms with Crippen LogP contribution in [0.3, 0.4) is 0 Å². The summed E-state index contributed by atoms with van der Waals surface area (Å²) < 4.78 is 30.4. The molecule has 0 saturated carbocycles. The van der Waals surface area contributed by atoms with Crippen molar-refractivity contribution in [2.24, 2.45) is 0 Å². The van der Waals surface area contributed by atoms with E-state index in [0.29, 0.717) is 23.7 Å². The molecular formula is C15H18N2O5S. The van der Waals surface area contributed by atoms with Crippen molar-refractivity contribution < 1.29 is 22.5 Å². The van der Waals surface area contributed by atoms with Gasteiger partial charge in [0.2, 0.25) is 0 Å². The van der Waals surface area contributed by atoms with Crippen LogP contribution in [0.25, 0.3) is 10.9 Å². The van der Waals surface area contributed by atoms with Gasteiger partial charge in [-0.05, 0) is 38.1 Å². The summed E-state index contributed by atoms with van der Waals surface area (Å²) in [6.07, 6.45) is 2.31. The largest absolute Gasteiger partial charge is 0.478 e. The summed E-state index contributed by atoms with van der Waals surface area (Å²) in [4.78, 5) is 16.0. The number of likely N-dealkylation sites (tertiary alicyclic amines) is 1. The lowest BCUT2D eigenvalue weighted by molar-refractivity contribution is 0.0697. The second-order valence-corrected chi connectivity index (χ2v) is 7.31. The zero-order chi connectivity index (χ0) is 16.6. The van der Waals surface area contributed by atoms with Crippen molar-refractivity contribution in [2.45, 2.75) is 23.8 Å². The second kappa shape index (κ2) is 5.95. The molecule has 3 rings (SSSR count). The third-order valence-corrected chi connectivity index (χ3v) is 5.49. The molecule has 0 radical (unpaired) electrons. The standard InChI is InChI=1S/C15H18N2O5S/c1-17-6-4-11(5-7-17)22-23(20,21)14-9-16-13-3-2-10(15(18)19)8-12(13)14/h2-3,8-9,11,16H,4-7H2,1H3,(H,18,19). The number of benzene rings is 1. The minimum absolute atomic E-state index is 0.0190. The number of fused-ring (bicyclic) bond motifs is 1. The van der Waals surface area contributed by atoms with Crippen LogP contribution >= 0.6 is 0 Å². The summed E-state index contributed by atoms with van der Waals surface area (Å²) in [6, 6.07) is 4.32. The van der Waals surface area contributed by atoms with Crippen molar-refractivity contribution in [3.05, 3.63) is 30.0 Å². The average Bonchev–Trinajstić information content (AvgIpc) is 2.93. The zero-order valence-corrected chi connectivity index (χ0v) is 13.5. The Hall–Kier alpha value is -1.90. The maximum absolute atomic E-state index is 12.5. The predicted octanol–water partition coefficient (Wildman–Crippen LogP) is 1.67. The van der Waals surface area contributed by atoms with E-state index in [9.17, 15) is 13.2 Å². The van der Waals surface area contributed by atoms with Gasteiger partial charge in [0.1, 0.15) is 4.90 Å². The maximum atomic E-state index is 12.5. The highest BCUT2D eigenvalue weighted by atomic mass is 32.2. The van der Waals surface area contributed by atoms with Gasteiger partial charge in [-0.1, -0.05) is 0 Å². The lowest BCUT2D eigenvalue weighted by Crippen LogP contribution is -2.35. The van der Waals surface area contributed by atoms with Crippen molar-refractivity contribution in [3.8, 4) is 0 Å². The number of aromatic carboxylic acids is 1. The Labute approximate surface area is 134 Å². The number of piperidine rings is 1. The fourth-order valence-corrected chi connectivity index (χ4v) is 4.04. The number of nitrogens with one attached hydrogen (secondary N) is 1. The maximum Gasteiger partial charge on any atom is 0.335 e. The molecule has 0 amide bonds. The molecule has 1 saturated heterocycles. The molecule has 0 unspecified atom stereocenters. The number of aromatic amines is 1. The Bertz CT molecular complexity index is 835. The fraction of sp³-hybridized carbons (Fsp3) is 0.400. The number of carbonyl (C=O) groups is 1. The Morgan fingerprint density at radius 3 is 2.70 bits per heavy atom. The molecule has 1 aromatic heterocycles. The number of aromatic nitrogens is 1. The van der Waals surface area contributed by atoms with Crippen molar-refractivity contribution in [2.75, 3.05) is 20.1 Å². The molecule has 0 aliphatic carbocycles.